The molecular formula is C14H12FN7O. The quantitative estimate of drug-likeness (QED) is 0.761. The van der Waals surface area contributed by atoms with Crippen molar-refractivity contribution < 1.29 is 9.18 Å². The van der Waals surface area contributed by atoms with E-state index >= 15 is 0 Å². The highest BCUT2D eigenvalue weighted by Crippen LogP contribution is 2.18. The van der Waals surface area contributed by atoms with E-state index in [-0.39, 0.29) is 12.2 Å². The molecule has 8 nitrogen and oxygen atoms in total. The van der Waals surface area contributed by atoms with Gasteiger partial charge in [-0.2, -0.15) is 0 Å². The number of benzene rings is 1. The summed E-state index contributed by atoms with van der Waals surface area (Å²) in [4.78, 5) is 15.8. The van der Waals surface area contributed by atoms with E-state index in [1.165, 1.54) is 29.2 Å². The summed E-state index contributed by atoms with van der Waals surface area (Å²) in [6, 6.07) is 7.24. The molecule has 116 valence electrons. The maximum atomic E-state index is 13.8. The third-order valence-electron chi connectivity index (χ3n) is 2.99. The van der Waals surface area contributed by atoms with Gasteiger partial charge in [-0.25, -0.2) is 13.9 Å². The summed E-state index contributed by atoms with van der Waals surface area (Å²) in [6.07, 6.45) is 4.65. The zero-order chi connectivity index (χ0) is 16.1. The molecule has 0 atom stereocenters. The molecule has 0 radical (unpaired) electrons. The Kier molecular flexibility index (Phi) is 4.18. The van der Waals surface area contributed by atoms with Crippen molar-refractivity contribution in [1.29, 1.82) is 0 Å². The van der Waals surface area contributed by atoms with E-state index in [9.17, 15) is 9.18 Å². The van der Waals surface area contributed by atoms with E-state index in [2.05, 4.69) is 31.1 Å². The standard InChI is InChI=1S/C14H12FN7O/c15-12-4-3-11(22-9-18-20-21-22)6-13(12)19-14(23)17-8-10-2-1-5-16-7-10/h1-7,9H,8H2,(H2,17,19,23). The van der Waals surface area contributed by atoms with Crippen molar-refractivity contribution in [3.05, 3.63) is 60.4 Å². The molecule has 0 aliphatic carbocycles. The van der Waals surface area contributed by atoms with Crippen molar-refractivity contribution in [2.45, 2.75) is 6.54 Å². The number of carbonyl (C=O) groups is 1. The molecule has 0 unspecified atom stereocenters. The number of aromatic nitrogens is 5. The predicted molar refractivity (Wildman–Crippen MR) is 79.2 cm³/mol. The Morgan fingerprint density at radius 3 is 2.96 bits per heavy atom. The van der Waals surface area contributed by atoms with Crippen molar-refractivity contribution in [3.8, 4) is 5.69 Å². The van der Waals surface area contributed by atoms with Crippen LogP contribution in [0.15, 0.2) is 49.1 Å². The van der Waals surface area contributed by atoms with Gasteiger partial charge in [-0.05, 0) is 40.3 Å². The minimum atomic E-state index is -0.557. The average molecular weight is 313 g/mol. The Balaban J connectivity index is 1.67. The van der Waals surface area contributed by atoms with Gasteiger partial charge in [0, 0.05) is 18.9 Å². The van der Waals surface area contributed by atoms with Crippen LogP contribution in [-0.4, -0.2) is 31.2 Å². The number of amides is 2. The van der Waals surface area contributed by atoms with E-state index < -0.39 is 11.8 Å². The maximum Gasteiger partial charge on any atom is 0.319 e. The lowest BCUT2D eigenvalue weighted by Crippen LogP contribution is -2.28. The highest BCUT2D eigenvalue weighted by molar-refractivity contribution is 5.89. The van der Waals surface area contributed by atoms with E-state index in [4.69, 9.17) is 0 Å². The first kappa shape index (κ1) is 14.6. The molecule has 2 N–H and O–H groups in total. The molecule has 0 aliphatic rings. The first-order valence-corrected chi connectivity index (χ1v) is 6.69. The van der Waals surface area contributed by atoms with Gasteiger partial charge in [0.2, 0.25) is 0 Å². The zero-order valence-electron chi connectivity index (χ0n) is 11.8. The molecule has 1 aromatic carbocycles. The summed E-state index contributed by atoms with van der Waals surface area (Å²) in [5.74, 6) is -0.557. The highest BCUT2D eigenvalue weighted by atomic mass is 19.1. The molecule has 0 aliphatic heterocycles. The lowest BCUT2D eigenvalue weighted by Gasteiger charge is -2.09. The van der Waals surface area contributed by atoms with E-state index in [1.54, 1.807) is 18.5 Å². The maximum absolute atomic E-state index is 13.8. The monoisotopic (exact) mass is 313 g/mol. The lowest BCUT2D eigenvalue weighted by molar-refractivity contribution is 0.251. The number of nitrogens with zero attached hydrogens (tertiary/aromatic N) is 5. The lowest BCUT2D eigenvalue weighted by atomic mass is 10.2. The second-order valence-corrected chi connectivity index (χ2v) is 4.59. The van der Waals surface area contributed by atoms with Gasteiger partial charge in [0.25, 0.3) is 0 Å². The second-order valence-electron chi connectivity index (χ2n) is 4.59. The van der Waals surface area contributed by atoms with Crippen LogP contribution in [0.5, 0.6) is 0 Å². The van der Waals surface area contributed by atoms with Crippen LogP contribution in [0.25, 0.3) is 5.69 Å². The van der Waals surface area contributed by atoms with Gasteiger partial charge in [0.1, 0.15) is 12.1 Å². The molecule has 2 aromatic heterocycles. The molecule has 0 saturated carbocycles. The van der Waals surface area contributed by atoms with Gasteiger partial charge < -0.3 is 10.6 Å². The number of hydrogen-bond donors (Lipinski definition) is 2. The van der Waals surface area contributed by atoms with Crippen LogP contribution in [-0.2, 0) is 6.54 Å². The number of pyridine rings is 1. The normalized spacial score (nSPS) is 10.3. The largest absolute Gasteiger partial charge is 0.334 e. The number of anilines is 1. The SMILES string of the molecule is O=C(NCc1cccnc1)Nc1cc(-n2cnnn2)ccc1F. The fourth-order valence-corrected chi connectivity index (χ4v) is 1.88. The minimum absolute atomic E-state index is 0.0293. The minimum Gasteiger partial charge on any atom is -0.334 e. The van der Waals surface area contributed by atoms with Crippen LogP contribution in [0.1, 0.15) is 5.56 Å². The van der Waals surface area contributed by atoms with Crippen LogP contribution in [0, 0.1) is 5.82 Å². The summed E-state index contributed by atoms with van der Waals surface area (Å²) in [7, 11) is 0. The van der Waals surface area contributed by atoms with Gasteiger partial charge in [0.15, 0.2) is 0 Å². The number of tetrazole rings is 1. The predicted octanol–water partition coefficient (Wildman–Crippen LogP) is 1.52. The van der Waals surface area contributed by atoms with Crippen molar-refractivity contribution in [3.63, 3.8) is 0 Å². The van der Waals surface area contributed by atoms with Crippen molar-refractivity contribution in [2.75, 3.05) is 5.32 Å². The van der Waals surface area contributed by atoms with Gasteiger partial charge in [-0.15, -0.1) is 5.10 Å². The molecule has 0 fully saturated rings. The third kappa shape index (κ3) is 3.64. The van der Waals surface area contributed by atoms with Crippen molar-refractivity contribution in [1.82, 2.24) is 30.5 Å². The Morgan fingerprint density at radius 1 is 1.30 bits per heavy atom. The summed E-state index contributed by atoms with van der Waals surface area (Å²) in [5, 5.41) is 15.8. The molecule has 3 rings (SSSR count). The Hall–Kier alpha value is -3.36. The molecule has 0 saturated heterocycles. The van der Waals surface area contributed by atoms with Crippen LogP contribution >= 0.6 is 0 Å². The van der Waals surface area contributed by atoms with Gasteiger partial charge in [0.05, 0.1) is 11.4 Å². The molecule has 3 aromatic rings. The first-order chi connectivity index (χ1) is 11.2. The Bertz CT molecular complexity index is 792. The molecule has 0 spiro atoms. The Labute approximate surface area is 130 Å². The van der Waals surface area contributed by atoms with Gasteiger partial charge in [-0.3, -0.25) is 4.98 Å². The van der Waals surface area contributed by atoms with Gasteiger partial charge in [-0.1, -0.05) is 6.07 Å². The Morgan fingerprint density at radius 2 is 2.22 bits per heavy atom. The number of hydrogen-bond acceptors (Lipinski definition) is 5. The van der Waals surface area contributed by atoms with Gasteiger partial charge >= 0.3 is 6.03 Å². The first-order valence-electron chi connectivity index (χ1n) is 6.69. The molecular weight excluding hydrogens is 301 g/mol. The number of rotatable bonds is 4. The summed E-state index contributed by atoms with van der Waals surface area (Å²) >= 11 is 0. The van der Waals surface area contributed by atoms with Crippen LogP contribution < -0.4 is 10.6 Å². The summed E-state index contributed by atoms with van der Waals surface area (Å²) in [5.41, 5.74) is 1.39. The third-order valence-corrected chi connectivity index (χ3v) is 2.99. The molecule has 2 heterocycles. The van der Waals surface area contributed by atoms with E-state index in [1.807, 2.05) is 6.07 Å². The fraction of sp³-hybridized carbons (Fsp3) is 0.0714. The zero-order valence-corrected chi connectivity index (χ0v) is 11.8. The van der Waals surface area contributed by atoms with E-state index in [0.717, 1.165) is 5.56 Å². The number of halogens is 1. The summed E-state index contributed by atoms with van der Waals surface area (Å²) in [6.45, 7) is 0.286. The van der Waals surface area contributed by atoms with Crippen LogP contribution in [0.3, 0.4) is 0 Å². The number of urea groups is 1. The number of nitrogens with one attached hydrogen (secondary N) is 2. The molecule has 2 amide bonds. The summed E-state index contributed by atoms with van der Waals surface area (Å²) < 4.78 is 15.2. The topological polar surface area (TPSA) is 97.6 Å². The van der Waals surface area contributed by atoms with Crippen molar-refractivity contribution in [2.24, 2.45) is 0 Å². The van der Waals surface area contributed by atoms with Crippen LogP contribution in [0.4, 0.5) is 14.9 Å². The smallest absolute Gasteiger partial charge is 0.319 e. The number of carbonyl (C=O) groups excluding carboxylic acids is 1. The molecule has 23 heavy (non-hydrogen) atoms. The fourth-order valence-electron chi connectivity index (χ4n) is 1.88. The van der Waals surface area contributed by atoms with Crippen LogP contribution in [0.2, 0.25) is 0 Å². The van der Waals surface area contributed by atoms with Crippen molar-refractivity contribution >= 4 is 11.7 Å². The average Bonchev–Trinajstić information content (AvgIpc) is 3.10. The second kappa shape index (κ2) is 6.60. The molecule has 0 bridgehead atoms. The molecule has 9 heteroatoms. The van der Waals surface area contributed by atoms with E-state index in [0.29, 0.717) is 5.69 Å². The highest BCUT2D eigenvalue weighted by Gasteiger charge is 2.09.